The molecule has 0 radical (unpaired) electrons. The summed E-state index contributed by atoms with van der Waals surface area (Å²) in [4.78, 5) is 24.6. The van der Waals surface area contributed by atoms with Gasteiger partial charge in [-0.25, -0.2) is 12.7 Å². The number of carbonyl (C=O) groups is 2. The fraction of sp³-hybridized carbons (Fsp3) is 0.0476. The highest BCUT2D eigenvalue weighted by atomic mass is 32.2. The van der Waals surface area contributed by atoms with Crippen molar-refractivity contribution >= 4 is 38.9 Å². The van der Waals surface area contributed by atoms with Crippen LogP contribution in [0.3, 0.4) is 0 Å². The molecule has 0 fully saturated rings. The predicted octanol–water partition coefficient (Wildman–Crippen LogP) is 3.89. The van der Waals surface area contributed by atoms with E-state index in [1.54, 1.807) is 30.3 Å². The lowest BCUT2D eigenvalue weighted by atomic mass is 10.2. The number of anilines is 1. The molecule has 30 heavy (non-hydrogen) atoms. The Morgan fingerprint density at radius 2 is 1.43 bits per heavy atom. The van der Waals surface area contributed by atoms with Crippen LogP contribution in [0, 0.1) is 0 Å². The molecule has 0 atom stereocenters. The van der Waals surface area contributed by atoms with Crippen LogP contribution in [0.25, 0.3) is 0 Å². The zero-order valence-corrected chi connectivity index (χ0v) is 16.4. The van der Waals surface area contributed by atoms with Crippen molar-refractivity contribution in [2.75, 3.05) is 11.9 Å². The third kappa shape index (κ3) is 3.83. The summed E-state index contributed by atoms with van der Waals surface area (Å²) in [5.41, 5.74) is 1.82. The van der Waals surface area contributed by atoms with Gasteiger partial charge in [0.15, 0.2) is 0 Å². The van der Waals surface area contributed by atoms with E-state index in [0.29, 0.717) is 21.4 Å². The molecule has 2 amide bonds. The lowest BCUT2D eigenvalue weighted by Crippen LogP contribution is -2.37. The van der Waals surface area contributed by atoms with Gasteiger partial charge in [0.25, 0.3) is 15.9 Å². The van der Waals surface area contributed by atoms with E-state index in [4.69, 9.17) is 0 Å². The van der Waals surface area contributed by atoms with Crippen molar-refractivity contribution in [1.29, 1.82) is 0 Å². The zero-order chi connectivity index (χ0) is 21.1. The van der Waals surface area contributed by atoms with Gasteiger partial charge in [-0.15, -0.1) is 0 Å². The van der Waals surface area contributed by atoms with Gasteiger partial charge in [0.05, 0.1) is 16.9 Å². The van der Waals surface area contributed by atoms with Crippen LogP contribution in [-0.2, 0) is 14.8 Å². The molecule has 1 heterocycles. The van der Waals surface area contributed by atoms with E-state index in [2.05, 4.69) is 15.5 Å². The van der Waals surface area contributed by atoms with Gasteiger partial charge in [-0.1, -0.05) is 30.3 Å². The summed E-state index contributed by atoms with van der Waals surface area (Å²) in [5, 5.41) is 10.8. The molecule has 0 saturated carbocycles. The number of rotatable bonds is 5. The molecule has 150 valence electrons. The summed E-state index contributed by atoms with van der Waals surface area (Å²) >= 11 is 0. The summed E-state index contributed by atoms with van der Waals surface area (Å²) in [7, 11) is -4.03. The Balaban J connectivity index is 1.41. The maximum Gasteiger partial charge on any atom is 0.269 e. The summed E-state index contributed by atoms with van der Waals surface area (Å²) < 4.78 is 25.6. The number of fused-ring (bicyclic) bond motifs is 1. The van der Waals surface area contributed by atoms with Gasteiger partial charge >= 0.3 is 0 Å². The zero-order valence-electron chi connectivity index (χ0n) is 15.6. The summed E-state index contributed by atoms with van der Waals surface area (Å²) in [6, 6.07) is 21.7. The van der Waals surface area contributed by atoms with E-state index in [1.165, 1.54) is 18.2 Å². The minimum atomic E-state index is -4.03. The number of nitrogens with zero attached hydrogens (tertiary/aromatic N) is 3. The van der Waals surface area contributed by atoms with Gasteiger partial charge in [0.2, 0.25) is 5.91 Å². The average molecular weight is 420 g/mol. The highest BCUT2D eigenvalue weighted by molar-refractivity contribution is 7.90. The Morgan fingerprint density at radius 1 is 0.833 bits per heavy atom. The molecule has 0 aliphatic carbocycles. The summed E-state index contributed by atoms with van der Waals surface area (Å²) in [6.45, 7) is -0.606. The minimum Gasteiger partial charge on any atom is -0.325 e. The molecule has 1 N–H and O–H groups in total. The topological polar surface area (TPSA) is 108 Å². The van der Waals surface area contributed by atoms with Gasteiger partial charge in [0, 0.05) is 5.69 Å². The smallest absolute Gasteiger partial charge is 0.269 e. The molecule has 0 aromatic heterocycles. The Hall–Kier alpha value is -3.85. The first-order valence-corrected chi connectivity index (χ1v) is 10.4. The molecule has 0 unspecified atom stereocenters. The Labute approximate surface area is 172 Å². The lowest BCUT2D eigenvalue weighted by molar-refractivity contribution is -0.116. The van der Waals surface area contributed by atoms with Crippen LogP contribution in [-0.4, -0.2) is 31.1 Å². The standard InChI is InChI=1S/C21H16N4O4S/c26-20(14-25-21(27)18-8-4-5-9-19(18)30(25,28)29)22-15-10-12-17(13-11-15)24-23-16-6-2-1-3-7-16/h1-13H,14H2,(H,22,26). The van der Waals surface area contributed by atoms with Crippen molar-refractivity contribution in [1.82, 2.24) is 4.31 Å². The third-order valence-corrected chi connectivity index (χ3v) is 6.17. The maximum atomic E-state index is 12.5. The van der Waals surface area contributed by atoms with Crippen molar-refractivity contribution in [3.63, 3.8) is 0 Å². The molecule has 1 aliphatic heterocycles. The SMILES string of the molecule is O=C(CN1C(=O)c2ccccc2S1(=O)=O)Nc1ccc(N=Nc2ccccc2)cc1. The Bertz CT molecular complexity index is 1240. The molecular formula is C21H16N4O4S. The van der Waals surface area contributed by atoms with Crippen LogP contribution in [0.1, 0.15) is 10.4 Å². The molecule has 3 aromatic rings. The first kappa shape index (κ1) is 19.5. The predicted molar refractivity (Wildman–Crippen MR) is 110 cm³/mol. The number of amides is 2. The van der Waals surface area contributed by atoms with E-state index >= 15 is 0 Å². The van der Waals surface area contributed by atoms with Crippen LogP contribution < -0.4 is 5.32 Å². The quantitative estimate of drug-likeness (QED) is 0.632. The second-order valence-corrected chi connectivity index (χ2v) is 8.27. The van der Waals surface area contributed by atoms with Gasteiger partial charge < -0.3 is 5.32 Å². The van der Waals surface area contributed by atoms with Crippen LogP contribution in [0.4, 0.5) is 17.1 Å². The van der Waals surface area contributed by atoms with E-state index in [0.717, 1.165) is 0 Å². The van der Waals surface area contributed by atoms with Crippen molar-refractivity contribution in [2.45, 2.75) is 4.90 Å². The monoisotopic (exact) mass is 420 g/mol. The molecular weight excluding hydrogens is 404 g/mol. The van der Waals surface area contributed by atoms with Crippen molar-refractivity contribution in [3.8, 4) is 0 Å². The molecule has 0 bridgehead atoms. The van der Waals surface area contributed by atoms with E-state index in [-0.39, 0.29) is 10.5 Å². The van der Waals surface area contributed by atoms with Crippen molar-refractivity contribution in [2.24, 2.45) is 10.2 Å². The molecule has 3 aromatic carbocycles. The number of benzene rings is 3. The molecule has 4 rings (SSSR count). The minimum absolute atomic E-state index is 0.0680. The van der Waals surface area contributed by atoms with Gasteiger partial charge in [-0.3, -0.25) is 9.59 Å². The largest absolute Gasteiger partial charge is 0.325 e. The first-order valence-electron chi connectivity index (χ1n) is 8.98. The highest BCUT2D eigenvalue weighted by Gasteiger charge is 2.41. The Morgan fingerprint density at radius 3 is 2.10 bits per heavy atom. The molecule has 0 spiro atoms. The number of hydrogen-bond donors (Lipinski definition) is 1. The summed E-state index contributed by atoms with van der Waals surface area (Å²) in [6.07, 6.45) is 0. The number of carbonyl (C=O) groups excluding carboxylic acids is 2. The second-order valence-electron chi connectivity index (χ2n) is 6.44. The van der Waals surface area contributed by atoms with Crippen molar-refractivity contribution < 1.29 is 18.0 Å². The lowest BCUT2D eigenvalue weighted by Gasteiger charge is -2.14. The normalized spacial score (nSPS) is 14.7. The van der Waals surface area contributed by atoms with E-state index < -0.39 is 28.4 Å². The molecule has 1 aliphatic rings. The third-order valence-electron chi connectivity index (χ3n) is 4.39. The fourth-order valence-electron chi connectivity index (χ4n) is 2.94. The molecule has 8 nitrogen and oxygen atoms in total. The molecule has 0 saturated heterocycles. The van der Waals surface area contributed by atoms with Gasteiger partial charge in [0.1, 0.15) is 11.4 Å². The Kier molecular flexibility index (Phi) is 5.11. The van der Waals surface area contributed by atoms with Crippen LogP contribution in [0.15, 0.2) is 94.0 Å². The van der Waals surface area contributed by atoms with E-state index in [9.17, 15) is 18.0 Å². The first-order chi connectivity index (χ1) is 14.4. The number of azo groups is 1. The van der Waals surface area contributed by atoms with Crippen LogP contribution in [0.2, 0.25) is 0 Å². The van der Waals surface area contributed by atoms with Crippen LogP contribution >= 0.6 is 0 Å². The van der Waals surface area contributed by atoms with Crippen LogP contribution in [0.5, 0.6) is 0 Å². The number of sulfonamides is 1. The van der Waals surface area contributed by atoms with Crippen molar-refractivity contribution in [3.05, 3.63) is 84.4 Å². The van der Waals surface area contributed by atoms with E-state index in [1.807, 2.05) is 30.3 Å². The fourth-order valence-corrected chi connectivity index (χ4v) is 4.46. The number of nitrogens with one attached hydrogen (secondary N) is 1. The molecule has 9 heteroatoms. The average Bonchev–Trinajstić information content (AvgIpc) is 2.95. The number of hydrogen-bond acceptors (Lipinski definition) is 6. The van der Waals surface area contributed by atoms with Gasteiger partial charge in [-0.05, 0) is 48.5 Å². The maximum absolute atomic E-state index is 12.5. The second kappa shape index (κ2) is 7.88. The summed E-state index contributed by atoms with van der Waals surface area (Å²) in [5.74, 6) is -1.34. The highest BCUT2D eigenvalue weighted by Crippen LogP contribution is 2.29. The van der Waals surface area contributed by atoms with Gasteiger partial charge in [-0.2, -0.15) is 10.2 Å².